The smallest absolute Gasteiger partial charge is 0.264 e. The second kappa shape index (κ2) is 14.3. The summed E-state index contributed by atoms with van der Waals surface area (Å²) in [4.78, 5) is 28.5. The number of methoxy groups -OCH3 is 1. The van der Waals surface area contributed by atoms with Crippen LogP contribution in [0.4, 0.5) is 5.69 Å². The number of hydrogen-bond donors (Lipinski definition) is 1. The highest BCUT2D eigenvalue weighted by atomic mass is 35.5. The number of nitrogens with one attached hydrogen (secondary N) is 1. The van der Waals surface area contributed by atoms with E-state index in [0.717, 1.165) is 4.31 Å². The lowest BCUT2D eigenvalue weighted by Gasteiger charge is -2.33. The van der Waals surface area contributed by atoms with Crippen LogP contribution < -0.4 is 14.4 Å². The molecule has 1 N–H and O–H groups in total. The van der Waals surface area contributed by atoms with Crippen LogP contribution in [-0.4, -0.2) is 50.9 Å². The van der Waals surface area contributed by atoms with Gasteiger partial charge in [-0.1, -0.05) is 66.0 Å². The minimum Gasteiger partial charge on any atom is -0.495 e. The summed E-state index contributed by atoms with van der Waals surface area (Å²) in [5, 5.41) is 3.72. The van der Waals surface area contributed by atoms with Crippen molar-refractivity contribution in [2.45, 2.75) is 50.7 Å². The van der Waals surface area contributed by atoms with Gasteiger partial charge in [-0.15, -0.1) is 0 Å². The minimum absolute atomic E-state index is 0.0434. The van der Waals surface area contributed by atoms with Crippen molar-refractivity contribution in [2.24, 2.45) is 0 Å². The van der Waals surface area contributed by atoms with Gasteiger partial charge in [-0.2, -0.15) is 0 Å². The largest absolute Gasteiger partial charge is 0.495 e. The van der Waals surface area contributed by atoms with Crippen molar-refractivity contribution in [3.8, 4) is 5.75 Å². The van der Waals surface area contributed by atoms with Crippen LogP contribution in [0.25, 0.3) is 0 Å². The first-order chi connectivity index (χ1) is 19.4. The third kappa shape index (κ3) is 7.86. The normalized spacial score (nSPS) is 12.8. The molecule has 0 aliphatic heterocycles. The van der Waals surface area contributed by atoms with E-state index in [1.165, 1.54) is 36.3 Å². The summed E-state index contributed by atoms with van der Waals surface area (Å²) in [6, 6.07) is 15.9. The van der Waals surface area contributed by atoms with Gasteiger partial charge in [0.25, 0.3) is 10.0 Å². The molecule has 0 saturated heterocycles. The van der Waals surface area contributed by atoms with Crippen LogP contribution in [0.15, 0.2) is 71.6 Å². The van der Waals surface area contributed by atoms with E-state index in [0.29, 0.717) is 22.0 Å². The maximum absolute atomic E-state index is 14.1. The van der Waals surface area contributed by atoms with Crippen LogP contribution in [0.3, 0.4) is 0 Å². The monoisotopic (exact) mass is 639 g/mol. The number of nitrogens with zero attached hydrogens (tertiary/aromatic N) is 2. The fourth-order valence-corrected chi connectivity index (χ4v) is 6.11. The Bertz CT molecular complexity index is 1470. The summed E-state index contributed by atoms with van der Waals surface area (Å²) < 4.78 is 34.3. The van der Waals surface area contributed by atoms with E-state index in [9.17, 15) is 18.0 Å². The third-order valence-electron chi connectivity index (χ3n) is 6.58. The van der Waals surface area contributed by atoms with E-state index in [-0.39, 0.29) is 33.9 Å². The Balaban J connectivity index is 2.12. The SMILES string of the molecule is CC[C@@H](C)NC(=O)[C@@H](C)N(Cc1c(Cl)cccc1Cl)C(=O)CN(c1cc(Cl)ccc1OC)S(=O)(=O)c1ccccc1. The fraction of sp³-hybridized carbons (Fsp3) is 0.310. The van der Waals surface area contributed by atoms with Crippen LogP contribution in [0, 0.1) is 0 Å². The highest BCUT2D eigenvalue weighted by Crippen LogP contribution is 2.35. The highest BCUT2D eigenvalue weighted by molar-refractivity contribution is 7.92. The molecular weight excluding hydrogens is 609 g/mol. The Hall–Kier alpha value is -2.98. The summed E-state index contributed by atoms with van der Waals surface area (Å²) in [6.07, 6.45) is 0.681. The van der Waals surface area contributed by atoms with Gasteiger partial charge in [0.05, 0.1) is 17.7 Å². The number of benzene rings is 3. The van der Waals surface area contributed by atoms with Crippen LogP contribution in [0.5, 0.6) is 5.75 Å². The van der Waals surface area contributed by atoms with E-state index in [1.54, 1.807) is 49.4 Å². The molecular formula is C29H32Cl3N3O5S. The molecule has 3 aromatic carbocycles. The van der Waals surface area contributed by atoms with Crippen molar-refractivity contribution in [2.75, 3.05) is 18.0 Å². The molecule has 0 bridgehead atoms. The van der Waals surface area contributed by atoms with Crippen molar-refractivity contribution >= 4 is 62.3 Å². The van der Waals surface area contributed by atoms with E-state index >= 15 is 0 Å². The molecule has 0 unspecified atom stereocenters. The first-order valence-corrected chi connectivity index (χ1v) is 15.4. The Labute approximate surface area is 256 Å². The van der Waals surface area contributed by atoms with E-state index in [2.05, 4.69) is 5.32 Å². The summed E-state index contributed by atoms with van der Waals surface area (Å²) in [5.41, 5.74) is 0.481. The lowest BCUT2D eigenvalue weighted by molar-refractivity contribution is -0.139. The Morgan fingerprint density at radius 1 is 0.951 bits per heavy atom. The number of rotatable bonds is 12. The molecule has 0 saturated carbocycles. The zero-order valence-electron chi connectivity index (χ0n) is 23.1. The second-order valence-corrected chi connectivity index (χ2v) is 12.5. The molecule has 2 atom stereocenters. The Morgan fingerprint density at radius 2 is 1.59 bits per heavy atom. The number of anilines is 1. The number of ether oxygens (including phenoxy) is 1. The van der Waals surface area contributed by atoms with Crippen LogP contribution in [0.1, 0.15) is 32.8 Å². The summed E-state index contributed by atoms with van der Waals surface area (Å²) in [6.45, 7) is 4.53. The quantitative estimate of drug-likeness (QED) is 0.255. The van der Waals surface area contributed by atoms with Gasteiger partial charge in [-0.05, 0) is 62.7 Å². The van der Waals surface area contributed by atoms with Crippen LogP contribution in [0.2, 0.25) is 15.1 Å². The van der Waals surface area contributed by atoms with Gasteiger partial charge in [0.15, 0.2) is 0 Å². The molecule has 0 aliphatic carbocycles. The van der Waals surface area contributed by atoms with Crippen molar-refractivity contribution in [1.82, 2.24) is 10.2 Å². The maximum atomic E-state index is 14.1. The summed E-state index contributed by atoms with van der Waals surface area (Å²) in [7, 11) is -2.91. The molecule has 0 spiro atoms. The average molecular weight is 641 g/mol. The van der Waals surface area contributed by atoms with E-state index in [1.807, 2.05) is 13.8 Å². The lowest BCUT2D eigenvalue weighted by atomic mass is 10.1. The van der Waals surface area contributed by atoms with Crippen LogP contribution >= 0.6 is 34.8 Å². The van der Waals surface area contributed by atoms with Gasteiger partial charge in [0, 0.05) is 33.2 Å². The van der Waals surface area contributed by atoms with Crippen molar-refractivity contribution in [3.63, 3.8) is 0 Å². The topological polar surface area (TPSA) is 96.0 Å². The number of carbonyl (C=O) groups excluding carboxylic acids is 2. The number of carbonyl (C=O) groups is 2. The van der Waals surface area contributed by atoms with Gasteiger partial charge in [-0.3, -0.25) is 13.9 Å². The number of hydrogen-bond acceptors (Lipinski definition) is 5. The highest BCUT2D eigenvalue weighted by Gasteiger charge is 2.34. The van der Waals surface area contributed by atoms with Gasteiger partial charge in [0.2, 0.25) is 11.8 Å². The molecule has 12 heteroatoms. The zero-order valence-corrected chi connectivity index (χ0v) is 26.2. The molecule has 0 aliphatic rings. The molecule has 0 fully saturated rings. The van der Waals surface area contributed by atoms with Gasteiger partial charge in [-0.25, -0.2) is 8.42 Å². The first kappa shape index (κ1) is 32.5. The van der Waals surface area contributed by atoms with Gasteiger partial charge in [0.1, 0.15) is 18.3 Å². The molecule has 8 nitrogen and oxygen atoms in total. The Morgan fingerprint density at radius 3 is 2.17 bits per heavy atom. The number of sulfonamides is 1. The molecule has 220 valence electrons. The minimum atomic E-state index is -4.30. The van der Waals surface area contributed by atoms with Crippen molar-refractivity contribution in [3.05, 3.63) is 87.4 Å². The van der Waals surface area contributed by atoms with Crippen molar-refractivity contribution in [1.29, 1.82) is 0 Å². The lowest BCUT2D eigenvalue weighted by Crippen LogP contribution is -2.52. The fourth-order valence-electron chi connectivity index (χ4n) is 3.99. The molecule has 2 amide bonds. The zero-order chi connectivity index (χ0) is 30.3. The number of halogens is 3. The van der Waals surface area contributed by atoms with Crippen molar-refractivity contribution < 1.29 is 22.7 Å². The summed E-state index contributed by atoms with van der Waals surface area (Å²) in [5.74, 6) is -0.895. The van der Waals surface area contributed by atoms with E-state index < -0.39 is 34.4 Å². The predicted molar refractivity (Wildman–Crippen MR) is 163 cm³/mol. The maximum Gasteiger partial charge on any atom is 0.264 e. The average Bonchev–Trinajstić information content (AvgIpc) is 2.95. The van der Waals surface area contributed by atoms with Gasteiger partial charge >= 0.3 is 0 Å². The first-order valence-electron chi connectivity index (χ1n) is 12.8. The van der Waals surface area contributed by atoms with E-state index in [4.69, 9.17) is 39.5 Å². The second-order valence-electron chi connectivity index (χ2n) is 9.36. The van der Waals surface area contributed by atoms with Gasteiger partial charge < -0.3 is 15.0 Å². The Kier molecular flexibility index (Phi) is 11.3. The molecule has 0 heterocycles. The van der Waals surface area contributed by atoms with Crippen LogP contribution in [-0.2, 0) is 26.2 Å². The molecule has 0 aromatic heterocycles. The molecule has 0 radical (unpaired) electrons. The third-order valence-corrected chi connectivity index (χ3v) is 9.30. The standard InChI is InChI=1S/C29H32Cl3N3O5S/c1-5-19(2)33-29(37)20(3)34(17-23-24(31)12-9-13-25(23)32)28(36)18-35(26-16-21(30)14-15-27(26)40-4)41(38,39)22-10-7-6-8-11-22/h6-16,19-20H,5,17-18H2,1-4H3,(H,33,37)/t19-,20-/m1/s1. The molecule has 3 rings (SSSR count). The predicted octanol–water partition coefficient (Wildman–Crippen LogP) is 6.18. The molecule has 41 heavy (non-hydrogen) atoms. The number of amides is 2. The summed E-state index contributed by atoms with van der Waals surface area (Å²) >= 11 is 19.1. The molecule has 3 aromatic rings.